The van der Waals surface area contributed by atoms with Gasteiger partial charge in [0.2, 0.25) is 5.79 Å². The summed E-state index contributed by atoms with van der Waals surface area (Å²) in [5.41, 5.74) is 6.38. The molecule has 0 spiro atoms. The van der Waals surface area contributed by atoms with Crippen molar-refractivity contribution in [1.29, 1.82) is 0 Å². The van der Waals surface area contributed by atoms with Crippen LogP contribution < -0.4 is 5.73 Å². The summed E-state index contributed by atoms with van der Waals surface area (Å²) in [6, 6.07) is 0. The van der Waals surface area contributed by atoms with Crippen LogP contribution in [0.3, 0.4) is 0 Å². The van der Waals surface area contributed by atoms with Crippen LogP contribution in [0.2, 0.25) is 0 Å². The van der Waals surface area contributed by atoms with Gasteiger partial charge in [-0.3, -0.25) is 0 Å². The maximum atomic E-state index is 9.83. The zero-order valence-electron chi connectivity index (χ0n) is 7.86. The highest BCUT2D eigenvalue weighted by atomic mass is 16.6. The second-order valence-corrected chi connectivity index (χ2v) is 2.89. The van der Waals surface area contributed by atoms with Crippen LogP contribution in [-0.2, 0) is 9.47 Å². The molecule has 1 aliphatic rings. The van der Waals surface area contributed by atoms with Gasteiger partial charge in [0.05, 0.1) is 0 Å². The standard InChI is InChI=1S/C9H15NO3/c1-12-8-5-7(6-10)3-4-9(8,11)13-2/h3-5,8,11H,6,10H2,1-2H3. The molecule has 2 atom stereocenters. The topological polar surface area (TPSA) is 64.7 Å². The lowest BCUT2D eigenvalue weighted by Crippen LogP contribution is -2.44. The molecule has 0 aromatic heterocycles. The quantitative estimate of drug-likeness (QED) is 0.597. The molecule has 74 valence electrons. The summed E-state index contributed by atoms with van der Waals surface area (Å²) in [6.07, 6.45) is 4.53. The summed E-state index contributed by atoms with van der Waals surface area (Å²) in [5, 5.41) is 9.83. The Morgan fingerprint density at radius 3 is 2.77 bits per heavy atom. The number of ether oxygens (including phenoxy) is 2. The summed E-state index contributed by atoms with van der Waals surface area (Å²) in [6.45, 7) is 0.427. The fourth-order valence-corrected chi connectivity index (χ4v) is 1.25. The first-order valence-electron chi connectivity index (χ1n) is 4.06. The number of hydrogen-bond donors (Lipinski definition) is 2. The Morgan fingerprint density at radius 1 is 1.62 bits per heavy atom. The minimum absolute atomic E-state index is 0.427. The van der Waals surface area contributed by atoms with Gasteiger partial charge in [-0.25, -0.2) is 0 Å². The molecule has 3 N–H and O–H groups in total. The molecular formula is C9H15NO3. The first kappa shape index (κ1) is 10.4. The van der Waals surface area contributed by atoms with E-state index in [2.05, 4.69) is 0 Å². The molecule has 0 heterocycles. The van der Waals surface area contributed by atoms with E-state index in [1.54, 1.807) is 18.2 Å². The molecule has 4 nitrogen and oxygen atoms in total. The fraction of sp³-hybridized carbons (Fsp3) is 0.556. The van der Waals surface area contributed by atoms with Gasteiger partial charge in [0.25, 0.3) is 0 Å². The van der Waals surface area contributed by atoms with E-state index >= 15 is 0 Å². The summed E-state index contributed by atoms with van der Waals surface area (Å²) in [5.74, 6) is -1.37. The number of rotatable bonds is 3. The van der Waals surface area contributed by atoms with Gasteiger partial charge in [0, 0.05) is 20.8 Å². The van der Waals surface area contributed by atoms with Crippen LogP contribution in [0.1, 0.15) is 0 Å². The fourth-order valence-electron chi connectivity index (χ4n) is 1.25. The van der Waals surface area contributed by atoms with E-state index < -0.39 is 11.9 Å². The van der Waals surface area contributed by atoms with E-state index in [4.69, 9.17) is 15.2 Å². The Kier molecular flexibility index (Phi) is 3.22. The SMILES string of the molecule is COC1C=C(CN)C=CC1(O)OC. The lowest BCUT2D eigenvalue weighted by molar-refractivity contribution is -0.202. The van der Waals surface area contributed by atoms with Gasteiger partial charge in [-0.1, -0.05) is 6.08 Å². The lowest BCUT2D eigenvalue weighted by Gasteiger charge is -2.32. The van der Waals surface area contributed by atoms with Crippen molar-refractivity contribution in [3.8, 4) is 0 Å². The second kappa shape index (κ2) is 4.02. The van der Waals surface area contributed by atoms with Crippen molar-refractivity contribution in [2.45, 2.75) is 11.9 Å². The van der Waals surface area contributed by atoms with Crippen molar-refractivity contribution in [2.24, 2.45) is 5.73 Å². The minimum atomic E-state index is -1.37. The number of nitrogens with two attached hydrogens (primary N) is 1. The van der Waals surface area contributed by atoms with Crippen LogP contribution in [0.5, 0.6) is 0 Å². The summed E-state index contributed by atoms with van der Waals surface area (Å²) in [7, 11) is 2.94. The van der Waals surface area contributed by atoms with Gasteiger partial charge >= 0.3 is 0 Å². The molecule has 4 heteroatoms. The highest BCUT2D eigenvalue weighted by molar-refractivity contribution is 5.30. The summed E-state index contributed by atoms with van der Waals surface area (Å²) < 4.78 is 10.0. The van der Waals surface area contributed by atoms with Crippen LogP contribution in [0.15, 0.2) is 23.8 Å². The maximum Gasteiger partial charge on any atom is 0.216 e. The predicted octanol–water partition coefficient (Wildman–Crippen LogP) is -0.209. The third-order valence-electron chi connectivity index (χ3n) is 2.13. The molecule has 0 aromatic rings. The van der Waals surface area contributed by atoms with Crippen LogP contribution in [0.25, 0.3) is 0 Å². The van der Waals surface area contributed by atoms with Gasteiger partial charge in [0.1, 0.15) is 6.10 Å². The van der Waals surface area contributed by atoms with E-state index in [0.717, 1.165) is 5.57 Å². The van der Waals surface area contributed by atoms with Gasteiger partial charge in [0.15, 0.2) is 0 Å². The molecule has 0 bridgehead atoms. The Hall–Kier alpha value is -0.680. The smallest absolute Gasteiger partial charge is 0.216 e. The average molecular weight is 185 g/mol. The molecule has 1 aliphatic carbocycles. The third kappa shape index (κ3) is 1.97. The average Bonchev–Trinajstić information content (AvgIpc) is 2.18. The van der Waals surface area contributed by atoms with Crippen molar-refractivity contribution in [2.75, 3.05) is 20.8 Å². The molecule has 0 aliphatic heterocycles. The third-order valence-corrected chi connectivity index (χ3v) is 2.13. The highest BCUT2D eigenvalue weighted by Crippen LogP contribution is 2.23. The molecular weight excluding hydrogens is 170 g/mol. The molecule has 13 heavy (non-hydrogen) atoms. The van der Waals surface area contributed by atoms with Gasteiger partial charge < -0.3 is 20.3 Å². The largest absolute Gasteiger partial charge is 0.371 e. The number of hydrogen-bond acceptors (Lipinski definition) is 4. The van der Waals surface area contributed by atoms with E-state index in [1.807, 2.05) is 0 Å². The first-order chi connectivity index (χ1) is 6.16. The molecule has 0 aromatic carbocycles. The maximum absolute atomic E-state index is 9.83. The Bertz CT molecular complexity index is 237. The molecule has 2 unspecified atom stereocenters. The normalized spacial score (nSPS) is 33.2. The Labute approximate surface area is 77.6 Å². The Balaban J connectivity index is 2.85. The molecule has 0 amide bonds. The second-order valence-electron chi connectivity index (χ2n) is 2.89. The first-order valence-corrected chi connectivity index (χ1v) is 4.06. The van der Waals surface area contributed by atoms with Crippen LogP contribution >= 0.6 is 0 Å². The van der Waals surface area contributed by atoms with Crippen molar-refractivity contribution in [3.63, 3.8) is 0 Å². The van der Waals surface area contributed by atoms with Crippen LogP contribution in [0.4, 0.5) is 0 Å². The number of methoxy groups -OCH3 is 2. The highest BCUT2D eigenvalue weighted by Gasteiger charge is 2.35. The lowest BCUT2D eigenvalue weighted by atomic mass is 9.99. The molecule has 0 saturated carbocycles. The van der Waals surface area contributed by atoms with Crippen molar-refractivity contribution >= 4 is 0 Å². The van der Waals surface area contributed by atoms with Crippen molar-refractivity contribution < 1.29 is 14.6 Å². The van der Waals surface area contributed by atoms with E-state index in [1.165, 1.54) is 14.2 Å². The molecule has 0 radical (unpaired) electrons. The van der Waals surface area contributed by atoms with Gasteiger partial charge in [-0.05, 0) is 17.7 Å². The van der Waals surface area contributed by atoms with Crippen LogP contribution in [0, 0.1) is 0 Å². The van der Waals surface area contributed by atoms with Crippen molar-refractivity contribution in [3.05, 3.63) is 23.8 Å². The van der Waals surface area contributed by atoms with E-state index in [0.29, 0.717) is 6.54 Å². The summed E-state index contributed by atoms with van der Waals surface area (Å²) in [4.78, 5) is 0. The number of aliphatic hydroxyl groups is 1. The zero-order chi connectivity index (χ0) is 9.90. The Morgan fingerprint density at radius 2 is 2.31 bits per heavy atom. The zero-order valence-corrected chi connectivity index (χ0v) is 7.86. The van der Waals surface area contributed by atoms with Crippen LogP contribution in [-0.4, -0.2) is 37.8 Å². The summed E-state index contributed by atoms with van der Waals surface area (Å²) >= 11 is 0. The van der Waals surface area contributed by atoms with Crippen molar-refractivity contribution in [1.82, 2.24) is 0 Å². The van der Waals surface area contributed by atoms with Gasteiger partial charge in [-0.15, -0.1) is 0 Å². The molecule has 0 saturated heterocycles. The van der Waals surface area contributed by atoms with E-state index in [9.17, 15) is 5.11 Å². The minimum Gasteiger partial charge on any atom is -0.371 e. The predicted molar refractivity (Wildman–Crippen MR) is 49.0 cm³/mol. The molecule has 0 fully saturated rings. The monoisotopic (exact) mass is 185 g/mol. The van der Waals surface area contributed by atoms with Gasteiger partial charge in [-0.2, -0.15) is 0 Å². The molecule has 1 rings (SSSR count). The van der Waals surface area contributed by atoms with E-state index in [-0.39, 0.29) is 0 Å².